The van der Waals surface area contributed by atoms with Crippen molar-refractivity contribution in [1.29, 1.82) is 0 Å². The van der Waals surface area contributed by atoms with Crippen LogP contribution in [0.15, 0.2) is 42.5 Å². The van der Waals surface area contributed by atoms with Crippen molar-refractivity contribution in [2.45, 2.75) is 12.8 Å². The minimum Gasteiger partial charge on any atom is -0.497 e. The van der Waals surface area contributed by atoms with Crippen LogP contribution in [0.2, 0.25) is 0 Å². The molecule has 0 atom stereocenters. The standard InChI is InChI=1S/C24H26N4O5/c1-26(17-5-7-18(33-3)8-6-17)24(32)28-12-10-15(11-13-28)22(29)16-4-9-19-20(14-16)27(2)25-21(19)23(30)31/h4-9,14-15H,10-13H2,1-3H3,(H,30,31). The van der Waals surface area contributed by atoms with Crippen molar-refractivity contribution >= 4 is 34.4 Å². The van der Waals surface area contributed by atoms with Gasteiger partial charge in [0, 0.05) is 49.7 Å². The number of benzene rings is 2. The van der Waals surface area contributed by atoms with Crippen LogP contribution in [-0.2, 0) is 7.05 Å². The second-order valence-corrected chi connectivity index (χ2v) is 8.17. The Labute approximate surface area is 191 Å². The van der Waals surface area contributed by atoms with E-state index in [1.54, 1.807) is 49.2 Å². The Kier molecular flexibility index (Phi) is 6.04. The van der Waals surface area contributed by atoms with Gasteiger partial charge in [-0.25, -0.2) is 9.59 Å². The molecule has 2 aromatic carbocycles. The van der Waals surface area contributed by atoms with Crippen LogP contribution >= 0.6 is 0 Å². The first-order valence-corrected chi connectivity index (χ1v) is 10.7. The molecule has 9 nitrogen and oxygen atoms in total. The fourth-order valence-corrected chi connectivity index (χ4v) is 4.27. The van der Waals surface area contributed by atoms with E-state index in [-0.39, 0.29) is 23.4 Å². The van der Waals surface area contributed by atoms with E-state index in [9.17, 15) is 19.5 Å². The van der Waals surface area contributed by atoms with E-state index in [2.05, 4.69) is 5.10 Å². The Morgan fingerprint density at radius 1 is 1.09 bits per heavy atom. The number of amides is 2. The smallest absolute Gasteiger partial charge is 0.357 e. The van der Waals surface area contributed by atoms with Crippen molar-refractivity contribution in [1.82, 2.24) is 14.7 Å². The SMILES string of the molecule is COc1ccc(N(C)C(=O)N2CCC(C(=O)c3ccc4c(C(=O)O)nn(C)c4c3)CC2)cc1. The summed E-state index contributed by atoms with van der Waals surface area (Å²) < 4.78 is 6.64. The van der Waals surface area contributed by atoms with Gasteiger partial charge in [-0.3, -0.25) is 14.4 Å². The number of likely N-dealkylation sites (tertiary alicyclic amines) is 1. The number of rotatable bonds is 5. The van der Waals surface area contributed by atoms with Crippen LogP contribution in [0.25, 0.3) is 10.9 Å². The summed E-state index contributed by atoms with van der Waals surface area (Å²) in [4.78, 5) is 40.8. The molecule has 1 aliphatic rings. The zero-order chi connectivity index (χ0) is 23.7. The molecule has 2 heterocycles. The molecular formula is C24H26N4O5. The molecule has 1 aromatic heterocycles. The third kappa shape index (κ3) is 4.26. The highest BCUT2D eigenvalue weighted by atomic mass is 16.5. The molecule has 0 spiro atoms. The second-order valence-electron chi connectivity index (χ2n) is 8.17. The van der Waals surface area contributed by atoms with Crippen molar-refractivity contribution in [2.24, 2.45) is 13.0 Å². The number of urea groups is 1. The third-order valence-corrected chi connectivity index (χ3v) is 6.22. The molecule has 9 heteroatoms. The lowest BCUT2D eigenvalue weighted by Crippen LogP contribution is -2.46. The number of hydrogen-bond acceptors (Lipinski definition) is 5. The van der Waals surface area contributed by atoms with E-state index in [0.717, 1.165) is 11.4 Å². The summed E-state index contributed by atoms with van der Waals surface area (Å²) in [5, 5.41) is 13.8. The Morgan fingerprint density at radius 2 is 1.76 bits per heavy atom. The van der Waals surface area contributed by atoms with E-state index < -0.39 is 5.97 Å². The van der Waals surface area contributed by atoms with Gasteiger partial charge in [0.15, 0.2) is 11.5 Å². The average Bonchev–Trinajstić information content (AvgIpc) is 3.19. The highest BCUT2D eigenvalue weighted by Crippen LogP contribution is 2.27. The highest BCUT2D eigenvalue weighted by Gasteiger charge is 2.30. The Hall–Kier alpha value is -3.88. The van der Waals surface area contributed by atoms with Gasteiger partial charge in [-0.2, -0.15) is 5.10 Å². The number of ether oxygens (including phenoxy) is 1. The topological polar surface area (TPSA) is 105 Å². The number of aryl methyl sites for hydroxylation is 1. The fraction of sp³-hybridized carbons (Fsp3) is 0.333. The summed E-state index contributed by atoms with van der Waals surface area (Å²) in [5.74, 6) is -0.561. The van der Waals surface area contributed by atoms with E-state index in [1.165, 1.54) is 4.68 Å². The van der Waals surface area contributed by atoms with E-state index in [4.69, 9.17) is 4.74 Å². The molecule has 1 N–H and O–H groups in total. The van der Waals surface area contributed by atoms with Crippen molar-refractivity contribution in [2.75, 3.05) is 32.1 Å². The zero-order valence-electron chi connectivity index (χ0n) is 18.8. The van der Waals surface area contributed by atoms with Crippen molar-refractivity contribution in [3.05, 3.63) is 53.7 Å². The number of carbonyl (C=O) groups is 3. The Balaban J connectivity index is 1.42. The number of nitrogens with zero attached hydrogens (tertiary/aromatic N) is 4. The largest absolute Gasteiger partial charge is 0.497 e. The first-order valence-electron chi connectivity index (χ1n) is 10.7. The normalized spacial score (nSPS) is 14.3. The number of fused-ring (bicyclic) bond motifs is 1. The Bertz CT molecular complexity index is 1210. The lowest BCUT2D eigenvalue weighted by Gasteiger charge is -2.34. The monoisotopic (exact) mass is 450 g/mol. The first kappa shape index (κ1) is 22.3. The van der Waals surface area contributed by atoms with Gasteiger partial charge >= 0.3 is 12.0 Å². The molecule has 0 bridgehead atoms. The first-order chi connectivity index (χ1) is 15.8. The number of hydrogen-bond donors (Lipinski definition) is 1. The molecule has 0 radical (unpaired) electrons. The van der Waals surface area contributed by atoms with Gasteiger partial charge in [-0.1, -0.05) is 6.07 Å². The van der Waals surface area contributed by atoms with E-state index in [1.807, 2.05) is 24.3 Å². The molecule has 0 aliphatic carbocycles. The van der Waals surface area contributed by atoms with E-state index >= 15 is 0 Å². The minimum absolute atomic E-state index is 0.00517. The zero-order valence-corrected chi connectivity index (χ0v) is 18.8. The van der Waals surface area contributed by atoms with Gasteiger partial charge in [-0.05, 0) is 49.2 Å². The highest BCUT2D eigenvalue weighted by molar-refractivity contribution is 6.05. The summed E-state index contributed by atoms with van der Waals surface area (Å²) in [6, 6.07) is 12.2. The number of carboxylic acids is 1. The lowest BCUT2D eigenvalue weighted by molar-refractivity contribution is 0.0691. The van der Waals surface area contributed by atoms with E-state index in [0.29, 0.717) is 42.4 Å². The number of aromatic carboxylic acids is 1. The molecule has 1 fully saturated rings. The predicted octanol–water partition coefficient (Wildman–Crippen LogP) is 3.43. The van der Waals surface area contributed by atoms with Gasteiger partial charge in [0.1, 0.15) is 5.75 Å². The summed E-state index contributed by atoms with van der Waals surface area (Å²) in [7, 11) is 4.99. The molecular weight excluding hydrogens is 424 g/mol. The summed E-state index contributed by atoms with van der Waals surface area (Å²) in [6.07, 6.45) is 1.15. The maximum Gasteiger partial charge on any atom is 0.357 e. The maximum absolute atomic E-state index is 13.1. The number of Topliss-reactive ketones (excluding diaryl/α,β-unsaturated/α-hetero) is 1. The summed E-state index contributed by atoms with van der Waals surface area (Å²) >= 11 is 0. The Morgan fingerprint density at radius 3 is 2.36 bits per heavy atom. The molecule has 33 heavy (non-hydrogen) atoms. The van der Waals surface area contributed by atoms with Crippen LogP contribution in [0, 0.1) is 5.92 Å². The number of piperidine rings is 1. The number of carbonyl (C=O) groups excluding carboxylic acids is 2. The number of ketones is 1. The van der Waals surface area contributed by atoms with Crippen LogP contribution < -0.4 is 9.64 Å². The van der Waals surface area contributed by atoms with Gasteiger partial charge < -0.3 is 14.7 Å². The summed E-state index contributed by atoms with van der Waals surface area (Å²) in [5.41, 5.74) is 1.87. The number of anilines is 1. The third-order valence-electron chi connectivity index (χ3n) is 6.22. The average molecular weight is 450 g/mol. The van der Waals surface area contributed by atoms with Gasteiger partial charge in [0.2, 0.25) is 0 Å². The molecule has 0 unspecified atom stereocenters. The van der Waals surface area contributed by atoms with Crippen LogP contribution in [0.1, 0.15) is 33.7 Å². The van der Waals surface area contributed by atoms with Crippen LogP contribution in [-0.4, -0.2) is 64.8 Å². The van der Waals surface area contributed by atoms with Crippen LogP contribution in [0.3, 0.4) is 0 Å². The molecule has 172 valence electrons. The van der Waals surface area contributed by atoms with Crippen LogP contribution in [0.4, 0.5) is 10.5 Å². The molecule has 1 saturated heterocycles. The maximum atomic E-state index is 13.1. The molecule has 4 rings (SSSR count). The number of methoxy groups -OCH3 is 1. The van der Waals surface area contributed by atoms with Crippen molar-refractivity contribution < 1.29 is 24.2 Å². The summed E-state index contributed by atoms with van der Waals surface area (Å²) in [6.45, 7) is 0.986. The van der Waals surface area contributed by atoms with Crippen molar-refractivity contribution in [3.63, 3.8) is 0 Å². The lowest BCUT2D eigenvalue weighted by atomic mass is 9.88. The molecule has 2 amide bonds. The van der Waals surface area contributed by atoms with Crippen LogP contribution in [0.5, 0.6) is 5.75 Å². The van der Waals surface area contributed by atoms with Gasteiger partial charge in [-0.15, -0.1) is 0 Å². The van der Waals surface area contributed by atoms with Gasteiger partial charge in [0.25, 0.3) is 0 Å². The fourth-order valence-electron chi connectivity index (χ4n) is 4.27. The van der Waals surface area contributed by atoms with Gasteiger partial charge in [0.05, 0.1) is 12.6 Å². The number of aromatic nitrogens is 2. The minimum atomic E-state index is -1.10. The molecule has 0 saturated carbocycles. The van der Waals surface area contributed by atoms with Crippen molar-refractivity contribution in [3.8, 4) is 5.75 Å². The second kappa shape index (κ2) is 8.93. The predicted molar refractivity (Wildman–Crippen MR) is 123 cm³/mol. The molecule has 1 aliphatic heterocycles. The number of carboxylic acid groups (broad SMARTS) is 1. The quantitative estimate of drug-likeness (QED) is 0.597. The molecule has 3 aromatic rings.